The zero-order valence-electron chi connectivity index (χ0n) is 11.9. The van der Waals surface area contributed by atoms with Crippen molar-refractivity contribution in [2.24, 2.45) is 11.5 Å². The predicted molar refractivity (Wildman–Crippen MR) is 74.3 cm³/mol. The van der Waals surface area contributed by atoms with Crippen LogP contribution in [-0.2, 0) is 10.3 Å². The summed E-state index contributed by atoms with van der Waals surface area (Å²) in [7, 11) is 0. The number of primary amides is 1. The molecule has 0 bridgehead atoms. The summed E-state index contributed by atoms with van der Waals surface area (Å²) in [4.78, 5) is 12.8. The van der Waals surface area contributed by atoms with E-state index < -0.39 is 24.2 Å². The van der Waals surface area contributed by atoms with Crippen LogP contribution in [0.1, 0.15) is 18.9 Å². The molecule has 0 heterocycles. The first kappa shape index (κ1) is 17.5. The Bertz CT molecular complexity index is 464. The van der Waals surface area contributed by atoms with Gasteiger partial charge < -0.3 is 11.5 Å². The largest absolute Gasteiger partial charge is 0.401 e. The van der Waals surface area contributed by atoms with E-state index in [1.165, 1.54) is 0 Å². The van der Waals surface area contributed by atoms with Crippen LogP contribution in [0.2, 0.25) is 0 Å². The topological polar surface area (TPSA) is 72.3 Å². The lowest BCUT2D eigenvalue weighted by atomic mass is 9.89. The van der Waals surface area contributed by atoms with Gasteiger partial charge in [0.1, 0.15) is 5.54 Å². The van der Waals surface area contributed by atoms with Gasteiger partial charge in [0.05, 0.1) is 6.54 Å². The molecule has 0 fully saturated rings. The Morgan fingerprint density at radius 3 is 2.19 bits per heavy atom. The highest BCUT2D eigenvalue weighted by Gasteiger charge is 2.39. The molecular formula is C14H20F3N3O. The number of hydrogen-bond donors (Lipinski definition) is 2. The van der Waals surface area contributed by atoms with E-state index in [4.69, 9.17) is 11.5 Å². The van der Waals surface area contributed by atoms with E-state index in [2.05, 4.69) is 0 Å². The Labute approximate surface area is 121 Å². The highest BCUT2D eigenvalue weighted by molar-refractivity contribution is 5.86. The summed E-state index contributed by atoms with van der Waals surface area (Å²) in [6.45, 7) is 0.534. The van der Waals surface area contributed by atoms with Crippen LogP contribution >= 0.6 is 0 Å². The number of nitrogens with two attached hydrogens (primary N) is 2. The zero-order chi connectivity index (χ0) is 16.1. The Hall–Kier alpha value is -1.60. The standard InChI is InChI=1S/C14H20F3N3O/c1-2-8-20(10-14(15,16)17)9-13(19,12(18)21)11-6-4-3-5-7-11/h3-7H,2,8-10,19H2,1H3,(H2,18,21). The number of hydrogen-bond acceptors (Lipinski definition) is 3. The molecule has 0 radical (unpaired) electrons. The number of alkyl halides is 3. The van der Waals surface area contributed by atoms with Crippen molar-refractivity contribution in [1.29, 1.82) is 0 Å². The van der Waals surface area contributed by atoms with Gasteiger partial charge in [-0.1, -0.05) is 37.3 Å². The third kappa shape index (κ3) is 5.02. The smallest absolute Gasteiger partial charge is 0.368 e. The Kier molecular flexibility index (Phi) is 5.74. The Morgan fingerprint density at radius 1 is 1.19 bits per heavy atom. The number of benzene rings is 1. The van der Waals surface area contributed by atoms with Crippen molar-refractivity contribution in [3.05, 3.63) is 35.9 Å². The molecule has 1 aromatic rings. The highest BCUT2D eigenvalue weighted by atomic mass is 19.4. The van der Waals surface area contributed by atoms with E-state index in [1.807, 2.05) is 0 Å². The number of halogens is 3. The molecule has 1 amide bonds. The highest BCUT2D eigenvalue weighted by Crippen LogP contribution is 2.23. The van der Waals surface area contributed by atoms with Gasteiger partial charge in [-0.25, -0.2) is 0 Å². The summed E-state index contributed by atoms with van der Waals surface area (Å²) in [5.74, 6) is -0.850. The molecule has 1 rings (SSSR count). The van der Waals surface area contributed by atoms with E-state index in [0.717, 1.165) is 4.90 Å². The molecule has 0 aromatic heterocycles. The second kappa shape index (κ2) is 6.91. The quantitative estimate of drug-likeness (QED) is 0.803. The van der Waals surface area contributed by atoms with Crippen LogP contribution in [0.15, 0.2) is 30.3 Å². The van der Waals surface area contributed by atoms with Crippen molar-refractivity contribution in [3.8, 4) is 0 Å². The predicted octanol–water partition coefficient (Wildman–Crippen LogP) is 1.60. The molecule has 1 unspecified atom stereocenters. The SMILES string of the molecule is CCCN(CC(F)(F)F)CC(N)(C(N)=O)c1ccccc1. The fourth-order valence-corrected chi connectivity index (χ4v) is 2.18. The molecule has 0 saturated carbocycles. The summed E-state index contributed by atoms with van der Waals surface area (Å²) >= 11 is 0. The van der Waals surface area contributed by atoms with Crippen LogP contribution in [0.5, 0.6) is 0 Å². The average molecular weight is 303 g/mol. The summed E-state index contributed by atoms with van der Waals surface area (Å²) < 4.78 is 37.8. The molecule has 118 valence electrons. The third-order valence-electron chi connectivity index (χ3n) is 3.14. The van der Waals surface area contributed by atoms with Gasteiger partial charge in [0.25, 0.3) is 0 Å². The Morgan fingerprint density at radius 2 is 1.76 bits per heavy atom. The minimum absolute atomic E-state index is 0.179. The number of amides is 1. The summed E-state index contributed by atoms with van der Waals surface area (Å²) in [6.07, 6.45) is -3.84. The maximum Gasteiger partial charge on any atom is 0.401 e. The lowest BCUT2D eigenvalue weighted by molar-refractivity contribution is -0.149. The number of carbonyl (C=O) groups is 1. The first-order valence-corrected chi connectivity index (χ1v) is 6.62. The third-order valence-corrected chi connectivity index (χ3v) is 3.14. The second-order valence-corrected chi connectivity index (χ2v) is 5.03. The van der Waals surface area contributed by atoms with Crippen LogP contribution in [0, 0.1) is 0 Å². The molecule has 0 aliphatic heterocycles. The Balaban J connectivity index is 3.02. The van der Waals surface area contributed by atoms with E-state index >= 15 is 0 Å². The summed E-state index contributed by atoms with van der Waals surface area (Å²) in [6, 6.07) is 8.22. The zero-order valence-corrected chi connectivity index (χ0v) is 11.9. The van der Waals surface area contributed by atoms with E-state index in [9.17, 15) is 18.0 Å². The monoisotopic (exact) mass is 303 g/mol. The van der Waals surface area contributed by atoms with E-state index in [1.54, 1.807) is 37.3 Å². The van der Waals surface area contributed by atoms with Gasteiger partial charge in [-0.15, -0.1) is 0 Å². The van der Waals surface area contributed by atoms with Crippen molar-refractivity contribution >= 4 is 5.91 Å². The summed E-state index contributed by atoms with van der Waals surface area (Å²) in [5, 5.41) is 0. The van der Waals surface area contributed by atoms with Crippen LogP contribution in [0.25, 0.3) is 0 Å². The van der Waals surface area contributed by atoms with Crippen LogP contribution in [-0.4, -0.2) is 36.6 Å². The molecule has 7 heteroatoms. The maximum atomic E-state index is 12.6. The van der Waals surface area contributed by atoms with Gasteiger partial charge in [0.2, 0.25) is 5.91 Å². The molecular weight excluding hydrogens is 283 g/mol. The average Bonchev–Trinajstić information content (AvgIpc) is 2.37. The van der Waals surface area contributed by atoms with Gasteiger partial charge in [-0.2, -0.15) is 13.2 Å². The minimum atomic E-state index is -4.36. The van der Waals surface area contributed by atoms with E-state index in [0.29, 0.717) is 12.0 Å². The fourth-order valence-electron chi connectivity index (χ4n) is 2.18. The lowest BCUT2D eigenvalue weighted by Crippen LogP contribution is -2.57. The lowest BCUT2D eigenvalue weighted by Gasteiger charge is -2.33. The second-order valence-electron chi connectivity index (χ2n) is 5.03. The van der Waals surface area contributed by atoms with Gasteiger partial charge in [-0.05, 0) is 18.5 Å². The van der Waals surface area contributed by atoms with Crippen molar-refractivity contribution in [3.63, 3.8) is 0 Å². The van der Waals surface area contributed by atoms with Gasteiger partial charge in [0.15, 0.2) is 0 Å². The van der Waals surface area contributed by atoms with Crippen molar-refractivity contribution in [1.82, 2.24) is 4.90 Å². The summed E-state index contributed by atoms with van der Waals surface area (Å²) in [5.41, 5.74) is 10.1. The molecule has 0 spiro atoms. The van der Waals surface area contributed by atoms with Crippen LogP contribution in [0.4, 0.5) is 13.2 Å². The number of carbonyl (C=O) groups excluding carboxylic acids is 1. The van der Waals surface area contributed by atoms with Gasteiger partial charge in [-0.3, -0.25) is 9.69 Å². The van der Waals surface area contributed by atoms with Crippen LogP contribution < -0.4 is 11.5 Å². The molecule has 1 atom stereocenters. The maximum absolute atomic E-state index is 12.6. The molecule has 0 saturated heterocycles. The fraction of sp³-hybridized carbons (Fsp3) is 0.500. The van der Waals surface area contributed by atoms with Crippen molar-refractivity contribution in [2.75, 3.05) is 19.6 Å². The number of nitrogens with zero attached hydrogens (tertiary/aromatic N) is 1. The molecule has 0 aliphatic carbocycles. The van der Waals surface area contributed by atoms with Crippen molar-refractivity contribution in [2.45, 2.75) is 25.1 Å². The molecule has 21 heavy (non-hydrogen) atoms. The normalized spacial score (nSPS) is 15.0. The molecule has 0 aliphatic rings. The molecule has 4 nitrogen and oxygen atoms in total. The minimum Gasteiger partial charge on any atom is -0.368 e. The molecule has 1 aromatic carbocycles. The number of rotatable bonds is 7. The first-order chi connectivity index (χ1) is 9.69. The van der Waals surface area contributed by atoms with E-state index in [-0.39, 0.29) is 13.1 Å². The van der Waals surface area contributed by atoms with Gasteiger partial charge in [0, 0.05) is 6.54 Å². The molecule has 4 N–H and O–H groups in total. The van der Waals surface area contributed by atoms with Gasteiger partial charge >= 0.3 is 6.18 Å². The van der Waals surface area contributed by atoms with Crippen LogP contribution in [0.3, 0.4) is 0 Å². The first-order valence-electron chi connectivity index (χ1n) is 6.62. The van der Waals surface area contributed by atoms with Crippen molar-refractivity contribution < 1.29 is 18.0 Å².